The van der Waals surface area contributed by atoms with E-state index in [1.54, 1.807) is 48.5 Å². The second kappa shape index (κ2) is 5.73. The van der Waals surface area contributed by atoms with E-state index in [1.807, 2.05) is 19.0 Å². The van der Waals surface area contributed by atoms with Gasteiger partial charge in [-0.25, -0.2) is 8.42 Å². The van der Waals surface area contributed by atoms with Crippen molar-refractivity contribution >= 4 is 33.0 Å². The summed E-state index contributed by atoms with van der Waals surface area (Å²) in [6, 6.07) is 13.2. The van der Waals surface area contributed by atoms with Gasteiger partial charge in [0.1, 0.15) is 0 Å². The largest absolute Gasteiger partial charge is 0.378 e. The minimum absolute atomic E-state index is 0.220. The van der Waals surface area contributed by atoms with Gasteiger partial charge in [0.15, 0.2) is 0 Å². The molecular formula is C14H15ClN2O2S. The molecule has 20 heavy (non-hydrogen) atoms. The molecule has 2 rings (SSSR count). The van der Waals surface area contributed by atoms with Crippen LogP contribution in [0.3, 0.4) is 0 Å². The molecule has 2 aromatic rings. The summed E-state index contributed by atoms with van der Waals surface area (Å²) in [5.41, 5.74) is 1.42. The average Bonchev–Trinajstić information content (AvgIpc) is 2.41. The Bertz CT molecular complexity index is 680. The lowest BCUT2D eigenvalue weighted by molar-refractivity contribution is 0.601. The van der Waals surface area contributed by atoms with Crippen LogP contribution in [0.1, 0.15) is 0 Å². The molecule has 2 aromatic carbocycles. The molecule has 0 saturated heterocycles. The van der Waals surface area contributed by atoms with Gasteiger partial charge in [0.25, 0.3) is 10.0 Å². The van der Waals surface area contributed by atoms with Crippen LogP contribution in [-0.4, -0.2) is 22.5 Å². The van der Waals surface area contributed by atoms with Crippen LogP contribution in [0.25, 0.3) is 0 Å². The zero-order valence-corrected chi connectivity index (χ0v) is 12.7. The second-order valence-electron chi connectivity index (χ2n) is 4.50. The molecule has 0 aromatic heterocycles. The Kier molecular flexibility index (Phi) is 4.20. The maximum Gasteiger partial charge on any atom is 0.261 e. The van der Waals surface area contributed by atoms with Gasteiger partial charge in [-0.3, -0.25) is 4.72 Å². The van der Waals surface area contributed by atoms with Crippen molar-refractivity contribution in [2.75, 3.05) is 23.7 Å². The smallest absolute Gasteiger partial charge is 0.261 e. The number of sulfonamides is 1. The lowest BCUT2D eigenvalue weighted by Gasteiger charge is -2.13. The minimum atomic E-state index is -3.58. The minimum Gasteiger partial charge on any atom is -0.378 e. The van der Waals surface area contributed by atoms with Crippen LogP contribution in [0.5, 0.6) is 0 Å². The van der Waals surface area contributed by atoms with Crippen LogP contribution >= 0.6 is 11.6 Å². The van der Waals surface area contributed by atoms with Crippen molar-refractivity contribution in [2.24, 2.45) is 0 Å². The van der Waals surface area contributed by atoms with Crippen LogP contribution in [0.15, 0.2) is 53.4 Å². The van der Waals surface area contributed by atoms with Crippen LogP contribution in [0.2, 0.25) is 5.02 Å². The fraction of sp³-hybridized carbons (Fsp3) is 0.143. The Balaban J connectivity index is 2.23. The summed E-state index contributed by atoms with van der Waals surface area (Å²) < 4.78 is 26.9. The van der Waals surface area contributed by atoms with Gasteiger partial charge in [-0.2, -0.15) is 0 Å². The summed E-state index contributed by atoms with van der Waals surface area (Å²) in [4.78, 5) is 2.13. The first kappa shape index (κ1) is 14.7. The molecule has 0 aliphatic carbocycles. The van der Waals surface area contributed by atoms with Gasteiger partial charge < -0.3 is 4.90 Å². The molecule has 6 heteroatoms. The SMILES string of the molecule is CN(C)c1ccc(S(=O)(=O)Nc2ccc(Cl)cc2)cc1. The van der Waals surface area contributed by atoms with E-state index in [0.29, 0.717) is 10.7 Å². The van der Waals surface area contributed by atoms with Crippen molar-refractivity contribution in [3.05, 3.63) is 53.6 Å². The van der Waals surface area contributed by atoms with Crippen molar-refractivity contribution in [1.82, 2.24) is 0 Å². The maximum absolute atomic E-state index is 12.2. The number of anilines is 2. The monoisotopic (exact) mass is 310 g/mol. The summed E-state index contributed by atoms with van der Waals surface area (Å²) >= 11 is 5.77. The highest BCUT2D eigenvalue weighted by Crippen LogP contribution is 2.20. The molecule has 0 aliphatic heterocycles. The maximum atomic E-state index is 12.2. The number of halogens is 1. The number of benzene rings is 2. The Morgan fingerprint density at radius 3 is 2.00 bits per heavy atom. The standard InChI is InChI=1S/C14H15ClN2O2S/c1-17(2)13-7-9-14(10-8-13)20(18,19)16-12-5-3-11(15)4-6-12/h3-10,16H,1-2H3. The highest BCUT2D eigenvalue weighted by molar-refractivity contribution is 7.92. The highest BCUT2D eigenvalue weighted by Gasteiger charge is 2.14. The van der Waals surface area contributed by atoms with E-state index < -0.39 is 10.0 Å². The van der Waals surface area contributed by atoms with E-state index in [2.05, 4.69) is 4.72 Å². The van der Waals surface area contributed by atoms with E-state index in [9.17, 15) is 8.42 Å². The average molecular weight is 311 g/mol. The van der Waals surface area contributed by atoms with Crippen molar-refractivity contribution < 1.29 is 8.42 Å². The zero-order valence-electron chi connectivity index (χ0n) is 11.2. The molecule has 1 N–H and O–H groups in total. The van der Waals surface area contributed by atoms with Crippen molar-refractivity contribution in [1.29, 1.82) is 0 Å². The predicted octanol–water partition coefficient (Wildman–Crippen LogP) is 3.21. The summed E-state index contributed by atoms with van der Waals surface area (Å²) in [6.45, 7) is 0. The summed E-state index contributed by atoms with van der Waals surface area (Å²) in [5, 5.41) is 0.559. The fourth-order valence-corrected chi connectivity index (χ4v) is 2.84. The predicted molar refractivity (Wildman–Crippen MR) is 83.0 cm³/mol. The van der Waals surface area contributed by atoms with Crippen LogP contribution in [-0.2, 0) is 10.0 Å². The van der Waals surface area contributed by atoms with Crippen molar-refractivity contribution in [3.8, 4) is 0 Å². The summed E-state index contributed by atoms with van der Waals surface area (Å²) in [5.74, 6) is 0. The van der Waals surface area contributed by atoms with E-state index >= 15 is 0 Å². The lowest BCUT2D eigenvalue weighted by Crippen LogP contribution is -2.13. The Morgan fingerprint density at radius 2 is 1.50 bits per heavy atom. The molecule has 0 atom stereocenters. The van der Waals surface area contributed by atoms with Gasteiger partial charge in [0.2, 0.25) is 0 Å². The zero-order chi connectivity index (χ0) is 14.8. The lowest BCUT2D eigenvalue weighted by atomic mass is 10.3. The van der Waals surface area contributed by atoms with Gasteiger partial charge in [0, 0.05) is 30.5 Å². The number of nitrogens with one attached hydrogen (secondary N) is 1. The van der Waals surface area contributed by atoms with Gasteiger partial charge in [-0.15, -0.1) is 0 Å². The van der Waals surface area contributed by atoms with E-state index in [-0.39, 0.29) is 4.90 Å². The highest BCUT2D eigenvalue weighted by atomic mass is 35.5. The first-order valence-corrected chi connectivity index (χ1v) is 7.80. The number of nitrogens with zero attached hydrogens (tertiary/aromatic N) is 1. The van der Waals surface area contributed by atoms with Crippen LogP contribution in [0.4, 0.5) is 11.4 Å². The van der Waals surface area contributed by atoms with E-state index in [4.69, 9.17) is 11.6 Å². The molecule has 106 valence electrons. The van der Waals surface area contributed by atoms with Gasteiger partial charge >= 0.3 is 0 Å². The Hall–Kier alpha value is -1.72. The second-order valence-corrected chi connectivity index (χ2v) is 6.62. The molecule has 0 heterocycles. The Labute approximate surface area is 124 Å². The topological polar surface area (TPSA) is 49.4 Å². The van der Waals surface area contributed by atoms with E-state index in [1.165, 1.54) is 0 Å². The molecule has 0 spiro atoms. The van der Waals surface area contributed by atoms with Crippen LogP contribution in [0, 0.1) is 0 Å². The normalized spacial score (nSPS) is 11.2. The molecule has 4 nitrogen and oxygen atoms in total. The molecular weight excluding hydrogens is 296 g/mol. The fourth-order valence-electron chi connectivity index (χ4n) is 1.66. The first-order valence-electron chi connectivity index (χ1n) is 5.94. The molecule has 0 fully saturated rings. The quantitative estimate of drug-likeness (QED) is 0.943. The Morgan fingerprint density at radius 1 is 0.950 bits per heavy atom. The molecule has 0 aliphatic rings. The van der Waals surface area contributed by atoms with Gasteiger partial charge in [0.05, 0.1) is 4.90 Å². The summed E-state index contributed by atoms with van der Waals surface area (Å²) in [6.07, 6.45) is 0. The number of hydrogen-bond donors (Lipinski definition) is 1. The molecule has 0 bridgehead atoms. The van der Waals surface area contributed by atoms with Gasteiger partial charge in [-0.1, -0.05) is 11.6 Å². The molecule has 0 radical (unpaired) electrons. The molecule has 0 amide bonds. The van der Waals surface area contributed by atoms with Gasteiger partial charge in [-0.05, 0) is 48.5 Å². The number of hydrogen-bond acceptors (Lipinski definition) is 3. The first-order chi connectivity index (χ1) is 9.38. The summed E-state index contributed by atoms with van der Waals surface area (Å²) in [7, 11) is 0.216. The third kappa shape index (κ3) is 3.43. The third-order valence-electron chi connectivity index (χ3n) is 2.76. The molecule has 0 unspecified atom stereocenters. The van der Waals surface area contributed by atoms with Crippen LogP contribution < -0.4 is 9.62 Å². The molecule has 0 saturated carbocycles. The number of rotatable bonds is 4. The third-order valence-corrected chi connectivity index (χ3v) is 4.41. The van der Waals surface area contributed by atoms with Crippen molar-refractivity contribution in [2.45, 2.75) is 4.90 Å². The van der Waals surface area contributed by atoms with Crippen molar-refractivity contribution in [3.63, 3.8) is 0 Å². The van der Waals surface area contributed by atoms with E-state index in [0.717, 1.165) is 5.69 Å².